The molecule has 14 nitrogen and oxygen atoms in total. The van der Waals surface area contributed by atoms with E-state index in [-0.39, 0.29) is 31.5 Å². The SMILES string of the molecule is O=CC(CC(=O)O)NC(=O)C1CCCN2C(=O)CCN(NC(=O)c3ccc4c(c3)CN=N4)C(=O)N12. The smallest absolute Gasteiger partial charge is 0.358 e. The van der Waals surface area contributed by atoms with Crippen LogP contribution in [0.4, 0.5) is 10.5 Å². The van der Waals surface area contributed by atoms with E-state index < -0.39 is 48.2 Å². The normalized spacial score (nSPS) is 20.0. The largest absolute Gasteiger partial charge is 0.481 e. The molecule has 14 heteroatoms. The lowest BCUT2D eigenvalue weighted by atomic mass is 10.1. The molecule has 2 atom stereocenters. The van der Waals surface area contributed by atoms with Gasteiger partial charge in [0.15, 0.2) is 0 Å². The molecular weight excluding hydrogens is 462 g/mol. The van der Waals surface area contributed by atoms with Crippen LogP contribution in [0.25, 0.3) is 0 Å². The topological polar surface area (TPSA) is 181 Å². The summed E-state index contributed by atoms with van der Waals surface area (Å²) in [6.07, 6.45) is 0.179. The molecule has 0 aromatic heterocycles. The summed E-state index contributed by atoms with van der Waals surface area (Å²) in [5.41, 5.74) is 4.20. The minimum absolute atomic E-state index is 0.0885. The number of carbonyl (C=O) groups is 6. The van der Waals surface area contributed by atoms with Crippen molar-refractivity contribution in [3.8, 4) is 0 Å². The summed E-state index contributed by atoms with van der Waals surface area (Å²) in [5.74, 6) is -3.05. The van der Waals surface area contributed by atoms with Gasteiger partial charge in [0.05, 0.1) is 31.2 Å². The molecule has 0 radical (unpaired) electrons. The average Bonchev–Trinajstić information content (AvgIpc) is 3.28. The highest BCUT2D eigenvalue weighted by Gasteiger charge is 2.44. The third-order valence-electron chi connectivity index (χ3n) is 5.85. The predicted octanol–water partition coefficient (Wildman–Crippen LogP) is 0.121. The number of carbonyl (C=O) groups excluding carboxylic acids is 5. The molecule has 2 unspecified atom stereocenters. The number of fused-ring (bicyclic) bond motifs is 2. The Hall–Kier alpha value is -4.36. The number of carboxylic acids is 1. The second-order valence-corrected chi connectivity index (χ2v) is 8.24. The van der Waals surface area contributed by atoms with Gasteiger partial charge >= 0.3 is 12.0 Å². The highest BCUT2D eigenvalue weighted by Crippen LogP contribution is 2.28. The Morgan fingerprint density at radius 3 is 2.77 bits per heavy atom. The molecule has 0 bridgehead atoms. The second kappa shape index (κ2) is 9.87. The number of aldehydes is 1. The molecule has 5 amide bonds. The van der Waals surface area contributed by atoms with Gasteiger partial charge < -0.3 is 15.2 Å². The Labute approximate surface area is 198 Å². The molecule has 0 saturated carbocycles. The van der Waals surface area contributed by atoms with E-state index in [1.807, 2.05) is 0 Å². The van der Waals surface area contributed by atoms with Gasteiger partial charge in [0, 0.05) is 24.1 Å². The third-order valence-corrected chi connectivity index (χ3v) is 5.85. The summed E-state index contributed by atoms with van der Waals surface area (Å²) >= 11 is 0. The van der Waals surface area contributed by atoms with Crippen LogP contribution in [0.1, 0.15) is 41.6 Å². The van der Waals surface area contributed by atoms with Crippen LogP contribution in [0, 0.1) is 0 Å². The molecule has 0 aliphatic carbocycles. The zero-order chi connectivity index (χ0) is 25.1. The first-order chi connectivity index (χ1) is 16.8. The van der Waals surface area contributed by atoms with E-state index in [1.54, 1.807) is 12.1 Å². The summed E-state index contributed by atoms with van der Waals surface area (Å²) in [7, 11) is 0. The Balaban J connectivity index is 1.52. The minimum atomic E-state index is -1.29. The molecule has 2 saturated heterocycles. The van der Waals surface area contributed by atoms with Crippen LogP contribution in [-0.2, 0) is 25.7 Å². The van der Waals surface area contributed by atoms with Crippen molar-refractivity contribution in [1.29, 1.82) is 0 Å². The van der Waals surface area contributed by atoms with Gasteiger partial charge in [0.25, 0.3) is 5.91 Å². The van der Waals surface area contributed by atoms with Crippen LogP contribution < -0.4 is 10.7 Å². The fourth-order valence-electron chi connectivity index (χ4n) is 4.14. The highest BCUT2D eigenvalue weighted by molar-refractivity contribution is 5.97. The number of amides is 5. The fourth-order valence-corrected chi connectivity index (χ4v) is 4.14. The van der Waals surface area contributed by atoms with Crippen LogP contribution in [0.3, 0.4) is 0 Å². The van der Waals surface area contributed by atoms with Gasteiger partial charge in [-0.25, -0.2) is 19.8 Å². The maximum atomic E-state index is 13.4. The van der Waals surface area contributed by atoms with Crippen LogP contribution in [0.15, 0.2) is 28.4 Å². The number of rotatable bonds is 7. The molecule has 1 aromatic carbocycles. The van der Waals surface area contributed by atoms with Gasteiger partial charge in [-0.2, -0.15) is 10.2 Å². The molecule has 184 valence electrons. The molecule has 3 aliphatic rings. The summed E-state index contributed by atoms with van der Waals surface area (Å²) in [5, 5.41) is 22.2. The highest BCUT2D eigenvalue weighted by atomic mass is 16.4. The molecule has 0 spiro atoms. The van der Waals surface area contributed by atoms with Gasteiger partial charge in [-0.15, -0.1) is 0 Å². The lowest BCUT2D eigenvalue weighted by Gasteiger charge is -2.42. The monoisotopic (exact) mass is 485 g/mol. The van der Waals surface area contributed by atoms with Gasteiger partial charge in [0.1, 0.15) is 12.3 Å². The number of urea groups is 1. The number of nitrogens with zero attached hydrogens (tertiary/aromatic N) is 5. The molecule has 4 rings (SSSR count). The van der Waals surface area contributed by atoms with Gasteiger partial charge in [-0.3, -0.25) is 24.6 Å². The van der Waals surface area contributed by atoms with Crippen LogP contribution in [0.5, 0.6) is 0 Å². The van der Waals surface area contributed by atoms with Crippen LogP contribution in [-0.4, -0.2) is 81.3 Å². The summed E-state index contributed by atoms with van der Waals surface area (Å²) in [6.45, 7) is 0.424. The van der Waals surface area contributed by atoms with Crippen molar-refractivity contribution in [1.82, 2.24) is 25.8 Å². The van der Waals surface area contributed by atoms with E-state index in [1.165, 1.54) is 6.07 Å². The van der Waals surface area contributed by atoms with E-state index in [9.17, 15) is 28.8 Å². The maximum Gasteiger partial charge on any atom is 0.358 e. The Morgan fingerprint density at radius 2 is 2.03 bits per heavy atom. The van der Waals surface area contributed by atoms with Gasteiger partial charge in [-0.05, 0) is 31.0 Å². The van der Waals surface area contributed by atoms with Gasteiger partial charge in [0.2, 0.25) is 11.8 Å². The second-order valence-electron chi connectivity index (χ2n) is 8.24. The number of nitrogens with one attached hydrogen (secondary N) is 2. The van der Waals surface area contributed by atoms with E-state index >= 15 is 0 Å². The minimum Gasteiger partial charge on any atom is -0.481 e. The summed E-state index contributed by atoms with van der Waals surface area (Å²) in [4.78, 5) is 74.0. The standard InChI is InChI=1S/C21H23N7O7/c29-11-14(9-18(31)32)23-20(34)16-2-1-6-27-17(30)5-7-26(21(35)28(16)27)25-19(33)12-3-4-15-13(8-12)10-22-24-15/h3-4,8,11,14,16H,1-2,5-7,9-10H2,(H,23,34)(H,25,33)(H,31,32). The molecule has 2 fully saturated rings. The van der Waals surface area contributed by atoms with E-state index in [0.29, 0.717) is 24.9 Å². The zero-order valence-electron chi connectivity index (χ0n) is 18.5. The van der Waals surface area contributed by atoms with Crippen molar-refractivity contribution < 1.29 is 33.9 Å². The lowest BCUT2D eigenvalue weighted by molar-refractivity contribution is -0.155. The molecule has 3 heterocycles. The number of carboxylic acid groups (broad SMARTS) is 1. The van der Waals surface area contributed by atoms with E-state index in [4.69, 9.17) is 5.11 Å². The number of hydrazine groups is 2. The number of benzene rings is 1. The molecule has 35 heavy (non-hydrogen) atoms. The number of hydrogen-bond donors (Lipinski definition) is 3. The average molecular weight is 485 g/mol. The van der Waals surface area contributed by atoms with Crippen molar-refractivity contribution in [2.45, 2.75) is 44.3 Å². The Bertz CT molecular complexity index is 1120. The first-order valence-electron chi connectivity index (χ1n) is 11.0. The molecular formula is C21H23N7O7. The van der Waals surface area contributed by atoms with Crippen LogP contribution in [0.2, 0.25) is 0 Å². The fraction of sp³-hybridized carbons (Fsp3) is 0.429. The summed E-state index contributed by atoms with van der Waals surface area (Å²) in [6, 6.07) is 1.54. The van der Waals surface area contributed by atoms with Crippen molar-refractivity contribution in [2.24, 2.45) is 10.2 Å². The van der Waals surface area contributed by atoms with E-state index in [0.717, 1.165) is 20.6 Å². The number of azo groups is 1. The van der Waals surface area contributed by atoms with E-state index in [2.05, 4.69) is 21.0 Å². The zero-order valence-corrected chi connectivity index (χ0v) is 18.5. The van der Waals surface area contributed by atoms with Crippen LogP contribution >= 0.6 is 0 Å². The quantitative estimate of drug-likeness (QED) is 0.458. The lowest BCUT2D eigenvalue weighted by Crippen LogP contribution is -2.64. The molecule has 3 N–H and O–H groups in total. The first-order valence-corrected chi connectivity index (χ1v) is 11.0. The Kier molecular flexibility index (Phi) is 6.71. The van der Waals surface area contributed by atoms with Gasteiger partial charge in [-0.1, -0.05) is 0 Å². The van der Waals surface area contributed by atoms with Crippen molar-refractivity contribution >= 4 is 41.7 Å². The van der Waals surface area contributed by atoms with Crippen molar-refractivity contribution in [3.63, 3.8) is 0 Å². The maximum absolute atomic E-state index is 13.4. The molecule has 3 aliphatic heterocycles. The van der Waals surface area contributed by atoms with Crippen molar-refractivity contribution in [3.05, 3.63) is 29.3 Å². The predicted molar refractivity (Wildman–Crippen MR) is 116 cm³/mol. The summed E-state index contributed by atoms with van der Waals surface area (Å²) < 4.78 is 0. The third kappa shape index (κ3) is 4.95. The number of hydrogen-bond acceptors (Lipinski definition) is 8. The van der Waals surface area contributed by atoms with Crippen molar-refractivity contribution in [2.75, 3.05) is 13.1 Å². The Morgan fingerprint density at radius 1 is 1.23 bits per heavy atom. The molecule has 1 aromatic rings. The first kappa shape index (κ1) is 23.8. The number of aliphatic carboxylic acids is 1.